The van der Waals surface area contributed by atoms with Crippen LogP contribution in [0.1, 0.15) is 46.1 Å². The summed E-state index contributed by atoms with van der Waals surface area (Å²) in [6.07, 6.45) is -5.88. The van der Waals surface area contributed by atoms with Crippen LogP contribution in [0, 0.1) is 0 Å². The zero-order valence-corrected chi connectivity index (χ0v) is 17.2. The quantitative estimate of drug-likeness (QED) is 0.511. The van der Waals surface area contributed by atoms with Crippen LogP contribution in [0.5, 0.6) is 0 Å². The molecule has 33 heavy (non-hydrogen) atoms. The summed E-state index contributed by atoms with van der Waals surface area (Å²) in [5.41, 5.74) is -3.94. The molecule has 0 aliphatic heterocycles. The number of amides is 1. The highest BCUT2D eigenvalue weighted by atomic mass is 19.4. The van der Waals surface area contributed by atoms with Gasteiger partial charge in [-0.1, -0.05) is 6.58 Å². The second-order valence-corrected chi connectivity index (χ2v) is 6.88. The first-order valence-corrected chi connectivity index (χ1v) is 9.26. The van der Waals surface area contributed by atoms with Gasteiger partial charge in [0.15, 0.2) is 11.6 Å². The number of carbonyl (C=O) groups is 1. The van der Waals surface area contributed by atoms with Crippen molar-refractivity contribution in [2.75, 3.05) is 7.05 Å². The monoisotopic (exact) mass is 470 g/mol. The Bertz CT molecular complexity index is 1140. The Morgan fingerprint density at radius 2 is 1.61 bits per heavy atom. The fourth-order valence-corrected chi connectivity index (χ4v) is 2.83. The lowest BCUT2D eigenvalue weighted by Crippen LogP contribution is -2.31. The van der Waals surface area contributed by atoms with Gasteiger partial charge < -0.3 is 4.90 Å². The molecule has 0 N–H and O–H groups in total. The van der Waals surface area contributed by atoms with Crippen LogP contribution in [-0.2, 0) is 12.4 Å². The van der Waals surface area contributed by atoms with E-state index in [2.05, 4.69) is 26.6 Å². The van der Waals surface area contributed by atoms with Gasteiger partial charge in [-0.2, -0.15) is 31.0 Å². The number of benzene rings is 1. The van der Waals surface area contributed by atoms with Crippen LogP contribution < -0.4 is 0 Å². The van der Waals surface area contributed by atoms with Crippen LogP contribution in [0.3, 0.4) is 0 Å². The number of halogens is 6. The first-order valence-electron chi connectivity index (χ1n) is 9.26. The molecule has 0 radical (unpaired) electrons. The lowest BCUT2D eigenvalue weighted by Gasteiger charge is -2.23. The van der Waals surface area contributed by atoms with Crippen molar-refractivity contribution in [1.29, 1.82) is 0 Å². The van der Waals surface area contributed by atoms with Crippen LogP contribution >= 0.6 is 0 Å². The van der Waals surface area contributed by atoms with Gasteiger partial charge in [0, 0.05) is 25.0 Å². The van der Waals surface area contributed by atoms with Gasteiger partial charge in [0.25, 0.3) is 11.9 Å². The highest BCUT2D eigenvalue weighted by Gasteiger charge is 2.38. The second-order valence-electron chi connectivity index (χ2n) is 6.88. The molecule has 0 aliphatic rings. The number of alkyl halides is 6. The van der Waals surface area contributed by atoms with Crippen molar-refractivity contribution < 1.29 is 31.1 Å². The Balaban J connectivity index is 1.98. The van der Waals surface area contributed by atoms with E-state index in [1.807, 2.05) is 0 Å². The summed E-state index contributed by atoms with van der Waals surface area (Å²) in [5, 5.41) is 4.22. The molecular weight excluding hydrogens is 454 g/mol. The Labute approximate surface area is 183 Å². The van der Waals surface area contributed by atoms with Crippen molar-refractivity contribution >= 4 is 12.0 Å². The summed E-state index contributed by atoms with van der Waals surface area (Å²) < 4.78 is 80.1. The van der Waals surface area contributed by atoms with Gasteiger partial charge >= 0.3 is 12.4 Å². The lowest BCUT2D eigenvalue weighted by atomic mass is 10.0. The standard InChI is InChI=1S/C20H16F6N6O/c1-4-15-29-16(30-32(15)18-27-6-5-7-28-18)11(2)31(3)17(33)12-8-13(19(21,22)23)10-14(9-12)20(24,25)26/h4-11H,1H2,2-3H3. The van der Waals surface area contributed by atoms with Crippen molar-refractivity contribution in [3.63, 3.8) is 0 Å². The minimum absolute atomic E-state index is 0.0420. The molecule has 1 aromatic carbocycles. The number of aromatic nitrogens is 5. The van der Waals surface area contributed by atoms with Crippen molar-refractivity contribution in [2.45, 2.75) is 25.3 Å². The van der Waals surface area contributed by atoms with E-state index in [4.69, 9.17) is 0 Å². The van der Waals surface area contributed by atoms with Crippen molar-refractivity contribution in [2.24, 2.45) is 0 Å². The third-order valence-corrected chi connectivity index (χ3v) is 4.68. The average Bonchev–Trinajstić information content (AvgIpc) is 3.21. The summed E-state index contributed by atoms with van der Waals surface area (Å²) in [7, 11) is 1.22. The summed E-state index contributed by atoms with van der Waals surface area (Å²) in [5.74, 6) is -0.648. The van der Waals surface area contributed by atoms with E-state index in [1.165, 1.54) is 37.1 Å². The molecule has 0 saturated heterocycles. The molecule has 2 aromatic heterocycles. The van der Waals surface area contributed by atoms with Crippen molar-refractivity contribution in [3.8, 4) is 5.95 Å². The predicted molar refractivity (Wildman–Crippen MR) is 104 cm³/mol. The molecule has 0 fully saturated rings. The Hall–Kier alpha value is -3.77. The molecule has 13 heteroatoms. The normalized spacial score (nSPS) is 13.0. The number of nitrogens with zero attached hydrogens (tertiary/aromatic N) is 6. The zero-order chi connectivity index (χ0) is 24.6. The maximum absolute atomic E-state index is 13.1. The van der Waals surface area contributed by atoms with Gasteiger partial charge in [0.05, 0.1) is 17.2 Å². The Kier molecular flexibility index (Phi) is 6.25. The van der Waals surface area contributed by atoms with Crippen LogP contribution in [0.4, 0.5) is 26.3 Å². The lowest BCUT2D eigenvalue weighted by molar-refractivity contribution is -0.143. The van der Waals surface area contributed by atoms with E-state index in [1.54, 1.807) is 6.07 Å². The van der Waals surface area contributed by atoms with Crippen LogP contribution in [0.2, 0.25) is 0 Å². The molecule has 0 bridgehead atoms. The topological polar surface area (TPSA) is 76.8 Å². The maximum Gasteiger partial charge on any atom is 0.416 e. The summed E-state index contributed by atoms with van der Waals surface area (Å²) in [6, 6.07) is 1.36. The first kappa shape index (κ1) is 23.9. The molecule has 7 nitrogen and oxygen atoms in total. The molecule has 1 amide bonds. The van der Waals surface area contributed by atoms with Gasteiger partial charge in [-0.05, 0) is 37.3 Å². The Morgan fingerprint density at radius 3 is 2.09 bits per heavy atom. The number of hydrogen-bond acceptors (Lipinski definition) is 5. The summed E-state index contributed by atoms with van der Waals surface area (Å²) >= 11 is 0. The van der Waals surface area contributed by atoms with Crippen LogP contribution in [0.25, 0.3) is 12.0 Å². The minimum atomic E-state index is -5.07. The van der Waals surface area contributed by atoms with E-state index in [0.717, 1.165) is 4.90 Å². The Morgan fingerprint density at radius 1 is 1.06 bits per heavy atom. The second kappa shape index (κ2) is 8.64. The van der Waals surface area contributed by atoms with E-state index in [0.29, 0.717) is 12.1 Å². The first-order chi connectivity index (χ1) is 15.3. The van der Waals surface area contributed by atoms with Gasteiger partial charge in [-0.3, -0.25) is 4.79 Å². The van der Waals surface area contributed by atoms with Crippen LogP contribution in [-0.4, -0.2) is 42.6 Å². The fourth-order valence-electron chi connectivity index (χ4n) is 2.83. The molecule has 3 aromatic rings. The zero-order valence-electron chi connectivity index (χ0n) is 17.2. The van der Waals surface area contributed by atoms with Crippen LogP contribution in [0.15, 0.2) is 43.2 Å². The SMILES string of the molecule is C=Cc1nc(C(C)N(C)C(=O)c2cc(C(F)(F)F)cc(C(F)(F)F)c2)nn1-c1ncccn1. The third kappa shape index (κ3) is 5.02. The molecule has 3 rings (SSSR count). The van der Waals surface area contributed by atoms with E-state index < -0.39 is 41.0 Å². The number of hydrogen-bond donors (Lipinski definition) is 0. The number of rotatable bonds is 5. The predicted octanol–water partition coefficient (Wildman–Crippen LogP) is 4.57. The van der Waals surface area contributed by atoms with E-state index in [9.17, 15) is 31.1 Å². The molecule has 0 spiro atoms. The largest absolute Gasteiger partial charge is 0.416 e. The maximum atomic E-state index is 13.1. The van der Waals surface area contributed by atoms with Gasteiger partial charge in [-0.25, -0.2) is 15.0 Å². The average molecular weight is 470 g/mol. The van der Waals surface area contributed by atoms with Crippen molar-refractivity contribution in [1.82, 2.24) is 29.6 Å². The summed E-state index contributed by atoms with van der Waals surface area (Å²) in [4.78, 5) is 26.0. The van der Waals surface area contributed by atoms with Crippen molar-refractivity contribution in [3.05, 3.63) is 71.6 Å². The fraction of sp³-hybridized carbons (Fsp3) is 0.250. The third-order valence-electron chi connectivity index (χ3n) is 4.68. The highest BCUT2D eigenvalue weighted by molar-refractivity contribution is 5.94. The molecule has 0 aliphatic carbocycles. The smallest absolute Gasteiger partial charge is 0.332 e. The molecule has 0 saturated carbocycles. The molecular formula is C20H16F6N6O. The molecule has 1 unspecified atom stereocenters. The minimum Gasteiger partial charge on any atom is -0.332 e. The summed E-state index contributed by atoms with van der Waals surface area (Å²) in [6.45, 7) is 5.08. The number of carbonyl (C=O) groups excluding carboxylic acids is 1. The van der Waals surface area contributed by atoms with Gasteiger partial charge in [0.1, 0.15) is 0 Å². The molecule has 174 valence electrons. The van der Waals surface area contributed by atoms with E-state index in [-0.39, 0.29) is 23.7 Å². The van der Waals surface area contributed by atoms with E-state index >= 15 is 0 Å². The highest BCUT2D eigenvalue weighted by Crippen LogP contribution is 2.36. The van der Waals surface area contributed by atoms with Gasteiger partial charge in [0.2, 0.25) is 0 Å². The van der Waals surface area contributed by atoms with Gasteiger partial charge in [-0.15, -0.1) is 5.10 Å². The molecule has 1 atom stereocenters. The molecule has 2 heterocycles.